The summed E-state index contributed by atoms with van der Waals surface area (Å²) in [7, 11) is 4.52. The van der Waals surface area contributed by atoms with Crippen LogP contribution in [0.15, 0.2) is 75.9 Å². The number of ether oxygens (including phenoxy) is 3. The van der Waals surface area contributed by atoms with E-state index in [1.165, 1.54) is 18.9 Å². The first-order valence-corrected chi connectivity index (χ1v) is 12.9. The predicted molar refractivity (Wildman–Crippen MR) is 144 cm³/mol. The first-order chi connectivity index (χ1) is 17.9. The number of fused-ring (bicyclic) bond motifs is 1. The second kappa shape index (κ2) is 11.6. The van der Waals surface area contributed by atoms with Gasteiger partial charge in [0.15, 0.2) is 5.17 Å². The maximum atomic E-state index is 13.1. The summed E-state index contributed by atoms with van der Waals surface area (Å²) in [5, 5.41) is 5.69. The van der Waals surface area contributed by atoms with Crippen molar-refractivity contribution in [3.8, 4) is 11.5 Å². The maximum absolute atomic E-state index is 13.1. The minimum Gasteiger partial charge on any atom is -0.497 e. The monoisotopic (exact) mass is 521 g/mol. The Hall–Kier alpha value is -3.72. The molecule has 0 saturated carbocycles. The topological polar surface area (TPSA) is 89.5 Å². The predicted octanol–water partition coefficient (Wildman–Crippen LogP) is 5.11. The summed E-state index contributed by atoms with van der Waals surface area (Å²) in [6.45, 7) is 3.90. The van der Waals surface area contributed by atoms with Crippen LogP contribution in [0.5, 0.6) is 11.5 Å². The van der Waals surface area contributed by atoms with Gasteiger partial charge in [-0.3, -0.25) is 4.79 Å². The van der Waals surface area contributed by atoms with Crippen LogP contribution in [0.25, 0.3) is 0 Å². The second-order valence-electron chi connectivity index (χ2n) is 8.58. The highest BCUT2D eigenvalue weighted by Crippen LogP contribution is 2.48. The van der Waals surface area contributed by atoms with Gasteiger partial charge < -0.3 is 24.4 Å². The summed E-state index contributed by atoms with van der Waals surface area (Å²) in [6, 6.07) is 14.6. The maximum Gasteiger partial charge on any atom is 0.338 e. The van der Waals surface area contributed by atoms with Gasteiger partial charge in [-0.2, -0.15) is 0 Å². The van der Waals surface area contributed by atoms with E-state index in [-0.39, 0.29) is 18.4 Å². The molecule has 0 aliphatic carbocycles. The Balaban J connectivity index is 1.71. The molecule has 2 unspecified atom stereocenters. The number of benzene rings is 2. The number of carbonyl (C=O) groups is 2. The number of thioether (sulfide) groups is 1. The van der Waals surface area contributed by atoms with E-state index in [1.54, 1.807) is 20.3 Å². The number of amidine groups is 1. The van der Waals surface area contributed by atoms with Crippen molar-refractivity contribution < 1.29 is 23.8 Å². The lowest BCUT2D eigenvalue weighted by atomic mass is 9.92. The summed E-state index contributed by atoms with van der Waals surface area (Å²) in [5.41, 5.74) is 3.57. The Bertz CT molecular complexity index is 1270. The number of carbonyl (C=O) groups excluding carboxylic acids is 2. The number of amides is 1. The van der Waals surface area contributed by atoms with Crippen LogP contribution in [0.1, 0.15) is 49.9 Å². The smallest absolute Gasteiger partial charge is 0.338 e. The molecule has 37 heavy (non-hydrogen) atoms. The average Bonchev–Trinajstić information content (AvgIpc) is 3.33. The van der Waals surface area contributed by atoms with Gasteiger partial charge in [0, 0.05) is 17.3 Å². The molecular weight excluding hydrogens is 490 g/mol. The molecule has 0 spiro atoms. The molecular formula is C28H31N3O5S. The van der Waals surface area contributed by atoms with E-state index in [9.17, 15) is 9.59 Å². The zero-order valence-corrected chi connectivity index (χ0v) is 22.4. The zero-order valence-electron chi connectivity index (χ0n) is 21.6. The van der Waals surface area contributed by atoms with E-state index in [0.29, 0.717) is 34.4 Å². The molecule has 0 aromatic heterocycles. The lowest BCUT2D eigenvalue weighted by molar-refractivity contribution is -0.136. The molecule has 1 N–H and O–H groups in total. The van der Waals surface area contributed by atoms with E-state index in [0.717, 1.165) is 16.8 Å². The number of methoxy groups -OCH3 is 3. The van der Waals surface area contributed by atoms with E-state index in [2.05, 4.69) is 5.32 Å². The Morgan fingerprint density at radius 2 is 1.86 bits per heavy atom. The lowest BCUT2D eigenvalue weighted by Gasteiger charge is -2.37. The highest BCUT2D eigenvalue weighted by Gasteiger charge is 2.42. The number of rotatable bonds is 9. The van der Waals surface area contributed by atoms with E-state index in [4.69, 9.17) is 19.2 Å². The van der Waals surface area contributed by atoms with Gasteiger partial charge in [-0.15, -0.1) is 0 Å². The first kappa shape index (κ1) is 26.3. The van der Waals surface area contributed by atoms with Crippen LogP contribution in [0.3, 0.4) is 0 Å². The molecule has 0 bridgehead atoms. The molecule has 2 aromatic carbocycles. The molecule has 0 saturated heterocycles. The van der Waals surface area contributed by atoms with Crippen LogP contribution >= 0.6 is 11.8 Å². The average molecular weight is 522 g/mol. The normalized spacial score (nSPS) is 17.4. The van der Waals surface area contributed by atoms with Crippen molar-refractivity contribution in [2.75, 3.05) is 21.3 Å². The van der Waals surface area contributed by atoms with E-state index in [1.807, 2.05) is 66.6 Å². The number of hydrogen-bond acceptors (Lipinski definition) is 8. The fourth-order valence-electron chi connectivity index (χ4n) is 4.53. The van der Waals surface area contributed by atoms with Gasteiger partial charge in [0.25, 0.3) is 0 Å². The Kier molecular flexibility index (Phi) is 8.23. The number of allylic oxidation sites excluding steroid dienone is 1. The molecule has 2 aliphatic rings. The minimum atomic E-state index is -0.587. The van der Waals surface area contributed by atoms with Gasteiger partial charge in [-0.05, 0) is 36.4 Å². The molecule has 8 nitrogen and oxygen atoms in total. The Morgan fingerprint density at radius 1 is 1.11 bits per heavy atom. The highest BCUT2D eigenvalue weighted by atomic mass is 32.2. The van der Waals surface area contributed by atoms with E-state index >= 15 is 0 Å². The summed E-state index contributed by atoms with van der Waals surface area (Å²) in [5.74, 6) is 0.585. The Morgan fingerprint density at radius 3 is 2.51 bits per heavy atom. The van der Waals surface area contributed by atoms with Gasteiger partial charge in [0.2, 0.25) is 5.91 Å². The number of aliphatic imine (C=N–C) groups is 1. The van der Waals surface area contributed by atoms with Crippen LogP contribution in [0.4, 0.5) is 0 Å². The van der Waals surface area contributed by atoms with Crippen LogP contribution in [0, 0.1) is 0 Å². The summed E-state index contributed by atoms with van der Waals surface area (Å²) >= 11 is 1.43. The SMILES string of the molecule is CCC1=C(C(=O)OC)C(c2ccc(OC)cc2OC)N2C(CC(=O)NC(C)c3ccccc3)=CSC2=N1. The highest BCUT2D eigenvalue weighted by molar-refractivity contribution is 8.16. The van der Waals surface area contributed by atoms with Crippen molar-refractivity contribution in [1.29, 1.82) is 0 Å². The molecule has 0 radical (unpaired) electrons. The largest absolute Gasteiger partial charge is 0.497 e. The molecule has 9 heteroatoms. The van der Waals surface area contributed by atoms with Crippen molar-refractivity contribution in [2.45, 2.75) is 38.8 Å². The lowest BCUT2D eigenvalue weighted by Crippen LogP contribution is -2.38. The van der Waals surface area contributed by atoms with Gasteiger partial charge in [-0.1, -0.05) is 49.0 Å². The van der Waals surface area contributed by atoms with Gasteiger partial charge in [0.05, 0.1) is 51.1 Å². The third-order valence-corrected chi connectivity index (χ3v) is 7.27. The molecule has 194 valence electrons. The van der Waals surface area contributed by atoms with Crippen molar-refractivity contribution in [2.24, 2.45) is 4.99 Å². The molecule has 1 amide bonds. The van der Waals surface area contributed by atoms with E-state index < -0.39 is 12.0 Å². The number of nitrogens with zero attached hydrogens (tertiary/aromatic N) is 2. The summed E-state index contributed by atoms with van der Waals surface area (Å²) in [6.07, 6.45) is 0.662. The zero-order chi connectivity index (χ0) is 26.5. The Labute approximate surface area is 221 Å². The standard InChI is InChI=1S/C28H31N3O5S/c1-6-22-25(27(33)36-5)26(21-13-12-20(34-3)15-23(21)35-4)31-19(16-37-28(31)30-22)14-24(32)29-17(2)18-10-8-7-9-11-18/h7-13,15-17,26H,6,14H2,1-5H3,(H,29,32). The summed E-state index contributed by atoms with van der Waals surface area (Å²) < 4.78 is 16.3. The number of hydrogen-bond donors (Lipinski definition) is 1. The second-order valence-corrected chi connectivity index (χ2v) is 9.42. The molecule has 4 rings (SSSR count). The summed E-state index contributed by atoms with van der Waals surface area (Å²) in [4.78, 5) is 33.0. The van der Waals surface area contributed by atoms with Crippen LogP contribution < -0.4 is 14.8 Å². The van der Waals surface area contributed by atoms with Crippen LogP contribution in [0.2, 0.25) is 0 Å². The van der Waals surface area contributed by atoms with Gasteiger partial charge >= 0.3 is 5.97 Å². The van der Waals surface area contributed by atoms with Crippen LogP contribution in [-0.2, 0) is 14.3 Å². The number of nitrogens with one attached hydrogen (secondary N) is 1. The van der Waals surface area contributed by atoms with Gasteiger partial charge in [-0.25, -0.2) is 9.79 Å². The van der Waals surface area contributed by atoms with Gasteiger partial charge in [0.1, 0.15) is 11.5 Å². The molecule has 2 aliphatic heterocycles. The first-order valence-electron chi connectivity index (χ1n) is 12.0. The van der Waals surface area contributed by atoms with Crippen molar-refractivity contribution in [3.05, 3.63) is 82.0 Å². The quantitative estimate of drug-likeness (QED) is 0.459. The third kappa shape index (κ3) is 5.36. The van der Waals surface area contributed by atoms with Crippen molar-refractivity contribution in [3.63, 3.8) is 0 Å². The fourth-order valence-corrected chi connectivity index (χ4v) is 5.47. The van der Waals surface area contributed by atoms with Crippen molar-refractivity contribution >= 4 is 28.8 Å². The molecule has 0 fully saturated rings. The minimum absolute atomic E-state index is 0.119. The third-order valence-electron chi connectivity index (χ3n) is 6.38. The number of esters is 1. The molecule has 2 aromatic rings. The molecule has 2 heterocycles. The van der Waals surface area contributed by atoms with Crippen LogP contribution in [-0.4, -0.2) is 43.3 Å². The molecule has 2 atom stereocenters. The van der Waals surface area contributed by atoms with Crippen molar-refractivity contribution in [1.82, 2.24) is 10.2 Å². The fraction of sp³-hybridized carbons (Fsp3) is 0.321.